The lowest BCUT2D eigenvalue weighted by atomic mass is 9.35. The highest BCUT2D eigenvalue weighted by Gasteiger charge is 2.49. The summed E-state index contributed by atoms with van der Waals surface area (Å²) in [7, 11) is 0. The molecule has 0 spiro atoms. The highest BCUT2D eigenvalue weighted by atomic mass is 16.3. The van der Waals surface area contributed by atoms with Crippen molar-refractivity contribution in [2.45, 2.75) is 129 Å². The van der Waals surface area contributed by atoms with E-state index in [-0.39, 0.29) is 33.8 Å². The van der Waals surface area contributed by atoms with E-state index in [1.165, 1.54) is 66.4 Å². The van der Waals surface area contributed by atoms with E-state index >= 15 is 0 Å². The number of anilines is 9. The van der Waals surface area contributed by atoms with Gasteiger partial charge in [0.25, 0.3) is 6.71 Å². The minimum absolute atomic E-state index is 0.00615. The Morgan fingerprint density at radius 1 is 0.432 bits per heavy atom. The maximum absolute atomic E-state index is 7.84. The normalized spacial score (nSPS) is 17.0. The number of furan rings is 1. The van der Waals surface area contributed by atoms with Crippen molar-refractivity contribution < 1.29 is 4.42 Å². The summed E-state index contributed by atoms with van der Waals surface area (Å²) >= 11 is 0. The highest BCUT2D eigenvalue weighted by molar-refractivity contribution is 7.00. The largest absolute Gasteiger partial charge is 0.468 e. The maximum Gasteiger partial charge on any atom is 0.297 e. The molecule has 1 aromatic heterocycles. The monoisotopic (exact) mass is 1060 g/mol. The smallest absolute Gasteiger partial charge is 0.297 e. The minimum atomic E-state index is -0.264. The molecule has 0 atom stereocenters. The zero-order valence-electron chi connectivity index (χ0n) is 49.2. The fraction of sp³-hybridized carbons (Fsp3) is 0.263. The second-order valence-electron chi connectivity index (χ2n) is 27.5. The van der Waals surface area contributed by atoms with E-state index in [1.54, 1.807) is 0 Å². The van der Waals surface area contributed by atoms with E-state index in [4.69, 9.17) is 4.42 Å². The molecule has 5 heteroatoms. The number of rotatable bonds is 7. The predicted molar refractivity (Wildman–Crippen MR) is 345 cm³/mol. The van der Waals surface area contributed by atoms with Gasteiger partial charge in [-0.2, -0.15) is 0 Å². The Hall–Kier alpha value is -8.02. The van der Waals surface area contributed by atoms with Crippen LogP contribution in [0.1, 0.15) is 130 Å². The molecule has 0 saturated carbocycles. The Morgan fingerprint density at radius 2 is 0.951 bits per heavy atom. The van der Waals surface area contributed by atoms with Gasteiger partial charge in [-0.3, -0.25) is 0 Å². The van der Waals surface area contributed by atoms with Crippen molar-refractivity contribution in [1.29, 1.82) is 0 Å². The molecule has 9 aromatic carbocycles. The van der Waals surface area contributed by atoms with E-state index in [0.717, 1.165) is 88.1 Å². The van der Waals surface area contributed by atoms with Gasteiger partial charge in [-0.1, -0.05) is 197 Å². The summed E-state index contributed by atoms with van der Waals surface area (Å²) in [4.78, 5) is 7.71. The minimum Gasteiger partial charge on any atom is -0.468 e. The van der Waals surface area contributed by atoms with E-state index in [9.17, 15) is 0 Å². The molecule has 402 valence electrons. The molecule has 0 N–H and O–H groups in total. The van der Waals surface area contributed by atoms with Crippen LogP contribution in [0.2, 0.25) is 0 Å². The van der Waals surface area contributed by atoms with Gasteiger partial charge in [0.15, 0.2) is 0 Å². The standard InChI is InChI=1S/C76H74BN3O/c1-72(2,3)52-33-37-64(57(43-52)50-26-18-13-19-27-50)80-65-36-32-51(49-24-16-12-17-25-49)42-63(65)77-69-66(45-56(46-67(69)80)78(53-28-20-14-21-29-53)54-30-22-15-23-31-54)79(55-34-35-59-60(44-55)74(6,7)39-38-73(59,4)5)70-58-47-61-62(48-68(58)81-71(70)77)76(10,11)41-40-75(61,8)9/h12-37,42-48H,38-41H2,1-11H3. The Balaban J connectivity index is 1.16. The van der Waals surface area contributed by atoms with Crippen LogP contribution in [0, 0.1) is 0 Å². The number of nitrogens with zero attached hydrogens (tertiary/aromatic N) is 3. The Labute approximate surface area is 481 Å². The third-order valence-electron chi connectivity index (χ3n) is 19.3. The molecule has 0 fully saturated rings. The maximum atomic E-state index is 7.84. The molecule has 4 aliphatic rings. The summed E-state index contributed by atoms with van der Waals surface area (Å²) in [6.07, 6.45) is 4.52. The summed E-state index contributed by atoms with van der Waals surface area (Å²) < 4.78 is 7.84. The van der Waals surface area contributed by atoms with Crippen LogP contribution in [0.3, 0.4) is 0 Å². The van der Waals surface area contributed by atoms with Gasteiger partial charge < -0.3 is 19.1 Å². The van der Waals surface area contributed by atoms with E-state index < -0.39 is 0 Å². The molecular weight excluding hydrogens is 982 g/mol. The molecule has 14 rings (SSSR count). The number of hydrogen-bond acceptors (Lipinski definition) is 4. The van der Waals surface area contributed by atoms with Crippen LogP contribution in [0.25, 0.3) is 33.2 Å². The first-order chi connectivity index (χ1) is 38.8. The zero-order valence-corrected chi connectivity index (χ0v) is 49.2. The third-order valence-corrected chi connectivity index (χ3v) is 19.3. The second kappa shape index (κ2) is 18.2. The zero-order chi connectivity index (χ0) is 56.0. The SMILES string of the molecule is CC(C)(C)c1ccc(N2c3ccc(-c4ccccc4)cc3B3c4oc5cc6c(cc5c4N(c4ccc5c(c4)C(C)(C)CCC5(C)C)c4cc(N(c5ccccc5)c5ccccc5)cc2c43)C(C)(C)CCC6(C)C)c(-c2ccccc2)c1. The predicted octanol–water partition coefficient (Wildman–Crippen LogP) is 19.3. The Bertz CT molecular complexity index is 4070. The van der Waals surface area contributed by atoms with Crippen molar-refractivity contribution in [2.75, 3.05) is 14.7 Å². The molecule has 0 radical (unpaired) electrons. The lowest BCUT2D eigenvalue weighted by Gasteiger charge is -2.45. The average Bonchev–Trinajstić information content (AvgIpc) is 2.44. The van der Waals surface area contributed by atoms with Crippen LogP contribution in [0.15, 0.2) is 205 Å². The van der Waals surface area contributed by atoms with Crippen molar-refractivity contribution in [3.8, 4) is 22.3 Å². The molecular formula is C76H74BN3O. The Kier molecular flexibility index (Phi) is 11.5. The number of para-hydroxylation sites is 2. The molecule has 2 aliphatic carbocycles. The topological polar surface area (TPSA) is 22.9 Å². The van der Waals surface area contributed by atoms with E-state index in [2.05, 4.69) is 291 Å². The summed E-state index contributed by atoms with van der Waals surface area (Å²) in [5.41, 5.74) is 26.1. The van der Waals surface area contributed by atoms with Crippen LogP contribution >= 0.6 is 0 Å². The summed E-state index contributed by atoms with van der Waals surface area (Å²) in [6, 6.07) is 75.8. The van der Waals surface area contributed by atoms with Crippen molar-refractivity contribution in [3.05, 3.63) is 228 Å². The van der Waals surface area contributed by atoms with Crippen molar-refractivity contribution in [1.82, 2.24) is 0 Å². The number of benzene rings is 9. The third kappa shape index (κ3) is 8.23. The van der Waals surface area contributed by atoms with Gasteiger partial charge in [0, 0.05) is 45.1 Å². The van der Waals surface area contributed by atoms with Gasteiger partial charge in [-0.25, -0.2) is 0 Å². The lowest BCUT2D eigenvalue weighted by Crippen LogP contribution is -2.61. The van der Waals surface area contributed by atoms with Crippen molar-refractivity contribution in [2.24, 2.45) is 0 Å². The van der Waals surface area contributed by atoms with Gasteiger partial charge in [0.2, 0.25) is 0 Å². The van der Waals surface area contributed by atoms with E-state index in [1.807, 2.05) is 0 Å². The summed E-state index contributed by atoms with van der Waals surface area (Å²) in [6.45, 7) is 26.3. The van der Waals surface area contributed by atoms with Crippen LogP contribution in [0.5, 0.6) is 0 Å². The van der Waals surface area contributed by atoms with Gasteiger partial charge in [-0.05, 0) is 187 Å². The first-order valence-electron chi connectivity index (χ1n) is 29.6. The molecule has 4 nitrogen and oxygen atoms in total. The fourth-order valence-corrected chi connectivity index (χ4v) is 14.4. The van der Waals surface area contributed by atoms with Crippen LogP contribution in [-0.4, -0.2) is 6.71 Å². The average molecular weight is 1060 g/mol. The Morgan fingerprint density at radius 3 is 1.54 bits per heavy atom. The number of fused-ring (bicyclic) bond motifs is 8. The summed E-state index contributed by atoms with van der Waals surface area (Å²) in [5, 5.41) is 1.17. The van der Waals surface area contributed by atoms with E-state index in [0.29, 0.717) is 0 Å². The molecule has 0 saturated heterocycles. The van der Waals surface area contributed by atoms with Gasteiger partial charge in [-0.15, -0.1) is 0 Å². The van der Waals surface area contributed by atoms with Gasteiger partial charge in [0.05, 0.1) is 22.7 Å². The quantitative estimate of drug-likeness (QED) is 0.148. The van der Waals surface area contributed by atoms with Crippen LogP contribution in [0.4, 0.5) is 51.2 Å². The highest BCUT2D eigenvalue weighted by Crippen LogP contribution is 2.55. The molecule has 81 heavy (non-hydrogen) atoms. The molecule has 0 bridgehead atoms. The second-order valence-corrected chi connectivity index (χ2v) is 27.5. The van der Waals surface area contributed by atoms with Crippen molar-refractivity contribution in [3.63, 3.8) is 0 Å². The molecule has 3 heterocycles. The van der Waals surface area contributed by atoms with Crippen molar-refractivity contribution >= 4 is 85.5 Å². The van der Waals surface area contributed by atoms with Gasteiger partial charge in [0.1, 0.15) is 5.58 Å². The fourth-order valence-electron chi connectivity index (χ4n) is 14.4. The lowest BCUT2D eigenvalue weighted by molar-refractivity contribution is 0.332. The first kappa shape index (κ1) is 51.2. The molecule has 0 amide bonds. The molecule has 10 aromatic rings. The van der Waals surface area contributed by atoms with Gasteiger partial charge >= 0.3 is 0 Å². The molecule has 2 aliphatic heterocycles. The molecule has 0 unspecified atom stereocenters. The van der Waals surface area contributed by atoms with Crippen LogP contribution in [-0.2, 0) is 27.1 Å². The number of hydrogen-bond donors (Lipinski definition) is 0. The summed E-state index contributed by atoms with van der Waals surface area (Å²) in [5.74, 6) is 0. The first-order valence-corrected chi connectivity index (χ1v) is 29.6. The van der Waals surface area contributed by atoms with Crippen LogP contribution < -0.4 is 31.3 Å².